The van der Waals surface area contributed by atoms with Crippen LogP contribution < -0.4 is 15.4 Å². The Morgan fingerprint density at radius 2 is 1.88 bits per heavy atom. The Labute approximate surface area is 145 Å². The van der Waals surface area contributed by atoms with E-state index in [4.69, 9.17) is 0 Å². The Hall–Kier alpha value is -2.05. The second kappa shape index (κ2) is 7.89. The second-order valence-corrected chi connectivity index (χ2v) is 6.17. The summed E-state index contributed by atoms with van der Waals surface area (Å²) in [6.45, 7) is 1.46. The van der Waals surface area contributed by atoms with Crippen LogP contribution in [-0.2, 0) is 6.54 Å². The van der Waals surface area contributed by atoms with Crippen molar-refractivity contribution in [3.63, 3.8) is 0 Å². The zero-order valence-electron chi connectivity index (χ0n) is 13.7. The zero-order valence-corrected chi connectivity index (χ0v) is 13.7. The van der Waals surface area contributed by atoms with E-state index < -0.39 is 6.36 Å². The molecule has 1 fully saturated rings. The minimum atomic E-state index is -4.67. The summed E-state index contributed by atoms with van der Waals surface area (Å²) in [5.74, 6) is -0.187. The molecule has 2 aromatic carbocycles. The fourth-order valence-electron chi connectivity index (χ4n) is 3.22. The number of rotatable bonds is 5. The molecule has 1 saturated heterocycles. The largest absolute Gasteiger partial charge is 0.573 e. The summed E-state index contributed by atoms with van der Waals surface area (Å²) in [5, 5.41) is 7.01. The molecule has 2 aromatic rings. The first-order chi connectivity index (χ1) is 12.0. The first kappa shape index (κ1) is 17.8. The van der Waals surface area contributed by atoms with E-state index in [1.807, 2.05) is 18.2 Å². The van der Waals surface area contributed by atoms with Gasteiger partial charge in [-0.1, -0.05) is 42.5 Å². The third-order valence-corrected chi connectivity index (χ3v) is 4.32. The number of ether oxygens (including phenoxy) is 1. The van der Waals surface area contributed by atoms with E-state index in [1.165, 1.54) is 17.7 Å². The Morgan fingerprint density at radius 3 is 2.64 bits per heavy atom. The quantitative estimate of drug-likeness (QED) is 0.849. The lowest BCUT2D eigenvalue weighted by molar-refractivity contribution is -0.274. The molecule has 3 nitrogen and oxygen atoms in total. The van der Waals surface area contributed by atoms with Gasteiger partial charge in [-0.15, -0.1) is 13.2 Å². The monoisotopic (exact) mass is 350 g/mol. The number of piperidine rings is 1. The lowest BCUT2D eigenvalue weighted by Crippen LogP contribution is -2.45. The number of alkyl halides is 3. The van der Waals surface area contributed by atoms with Gasteiger partial charge >= 0.3 is 6.36 Å². The van der Waals surface area contributed by atoms with Crippen LogP contribution in [0.5, 0.6) is 5.75 Å². The molecule has 0 aromatic heterocycles. The molecule has 0 saturated carbocycles. The minimum Gasteiger partial charge on any atom is -0.406 e. The zero-order chi connectivity index (χ0) is 17.7. The molecule has 3 rings (SSSR count). The van der Waals surface area contributed by atoms with Crippen molar-refractivity contribution in [1.82, 2.24) is 10.6 Å². The van der Waals surface area contributed by atoms with E-state index in [1.54, 1.807) is 12.1 Å². The molecule has 0 aliphatic carbocycles. The van der Waals surface area contributed by atoms with Gasteiger partial charge in [0.25, 0.3) is 0 Å². The molecule has 2 N–H and O–H groups in total. The smallest absolute Gasteiger partial charge is 0.406 e. The van der Waals surface area contributed by atoms with Crippen LogP contribution in [0.1, 0.15) is 30.0 Å². The lowest BCUT2D eigenvalue weighted by Gasteiger charge is -2.34. The fourth-order valence-corrected chi connectivity index (χ4v) is 3.22. The van der Waals surface area contributed by atoms with Crippen molar-refractivity contribution in [3.8, 4) is 5.75 Å². The van der Waals surface area contributed by atoms with E-state index in [0.29, 0.717) is 6.54 Å². The maximum absolute atomic E-state index is 12.3. The summed E-state index contributed by atoms with van der Waals surface area (Å²) in [4.78, 5) is 0. The van der Waals surface area contributed by atoms with E-state index >= 15 is 0 Å². The van der Waals surface area contributed by atoms with Gasteiger partial charge in [0.2, 0.25) is 0 Å². The molecule has 1 aliphatic rings. The van der Waals surface area contributed by atoms with E-state index in [9.17, 15) is 13.2 Å². The normalized spacial score (nSPS) is 21.1. The number of nitrogens with one attached hydrogen (secondary N) is 2. The second-order valence-electron chi connectivity index (χ2n) is 6.17. The van der Waals surface area contributed by atoms with Crippen molar-refractivity contribution < 1.29 is 17.9 Å². The van der Waals surface area contributed by atoms with E-state index in [-0.39, 0.29) is 17.8 Å². The molecule has 6 heteroatoms. The third-order valence-electron chi connectivity index (χ3n) is 4.32. The average molecular weight is 350 g/mol. The molecule has 134 valence electrons. The van der Waals surface area contributed by atoms with Crippen LogP contribution in [0.25, 0.3) is 0 Å². The number of benzene rings is 2. The highest BCUT2D eigenvalue weighted by Crippen LogP contribution is 2.25. The van der Waals surface area contributed by atoms with Crippen LogP contribution in [0.4, 0.5) is 13.2 Å². The van der Waals surface area contributed by atoms with Gasteiger partial charge in [0.05, 0.1) is 0 Å². The Balaban J connectivity index is 1.64. The first-order valence-corrected chi connectivity index (χ1v) is 8.38. The van der Waals surface area contributed by atoms with Crippen LogP contribution >= 0.6 is 0 Å². The summed E-state index contributed by atoms with van der Waals surface area (Å²) < 4.78 is 41.0. The van der Waals surface area contributed by atoms with Crippen molar-refractivity contribution in [2.75, 3.05) is 6.54 Å². The predicted molar refractivity (Wildman–Crippen MR) is 90.2 cm³/mol. The predicted octanol–water partition coefficient (Wildman–Crippen LogP) is 4.17. The van der Waals surface area contributed by atoms with Gasteiger partial charge in [0.15, 0.2) is 0 Å². The van der Waals surface area contributed by atoms with E-state index in [0.717, 1.165) is 24.9 Å². The van der Waals surface area contributed by atoms with Crippen molar-refractivity contribution in [2.24, 2.45) is 0 Å². The molecule has 2 unspecified atom stereocenters. The molecule has 0 radical (unpaired) electrons. The molecular weight excluding hydrogens is 329 g/mol. The number of hydrogen-bond donors (Lipinski definition) is 2. The summed E-state index contributed by atoms with van der Waals surface area (Å²) >= 11 is 0. The highest BCUT2D eigenvalue weighted by Gasteiger charge is 2.31. The summed E-state index contributed by atoms with van der Waals surface area (Å²) in [5.41, 5.74) is 1.98. The van der Waals surface area contributed by atoms with Gasteiger partial charge in [-0.3, -0.25) is 0 Å². The van der Waals surface area contributed by atoms with Crippen LogP contribution in [0, 0.1) is 0 Å². The van der Waals surface area contributed by atoms with Gasteiger partial charge < -0.3 is 15.4 Å². The van der Waals surface area contributed by atoms with E-state index in [2.05, 4.69) is 27.5 Å². The Bertz CT molecular complexity index is 676. The topological polar surface area (TPSA) is 33.3 Å². The van der Waals surface area contributed by atoms with Crippen LogP contribution in [0.2, 0.25) is 0 Å². The van der Waals surface area contributed by atoms with Crippen molar-refractivity contribution >= 4 is 0 Å². The van der Waals surface area contributed by atoms with Gasteiger partial charge in [0.1, 0.15) is 5.75 Å². The molecule has 25 heavy (non-hydrogen) atoms. The summed E-state index contributed by atoms with van der Waals surface area (Å²) in [6, 6.07) is 16.7. The molecule has 0 bridgehead atoms. The maximum atomic E-state index is 12.3. The van der Waals surface area contributed by atoms with Crippen LogP contribution in [0.15, 0.2) is 54.6 Å². The van der Waals surface area contributed by atoms with Crippen molar-refractivity contribution in [1.29, 1.82) is 0 Å². The Morgan fingerprint density at radius 1 is 1.08 bits per heavy atom. The number of halogens is 3. The van der Waals surface area contributed by atoms with Gasteiger partial charge in [-0.25, -0.2) is 0 Å². The molecule has 2 atom stereocenters. The molecule has 1 aliphatic heterocycles. The molecule has 0 amide bonds. The average Bonchev–Trinajstić information content (AvgIpc) is 2.60. The van der Waals surface area contributed by atoms with Crippen molar-refractivity contribution in [2.45, 2.75) is 37.8 Å². The third kappa shape index (κ3) is 5.21. The fraction of sp³-hybridized carbons (Fsp3) is 0.368. The summed E-state index contributed by atoms with van der Waals surface area (Å²) in [7, 11) is 0. The molecular formula is C19H21F3N2O. The SMILES string of the molecule is FC(F)(F)Oc1cccc(CNC2CCCNC2c2ccccc2)c1. The molecule has 1 heterocycles. The van der Waals surface area contributed by atoms with Gasteiger partial charge in [-0.2, -0.15) is 0 Å². The number of hydrogen-bond acceptors (Lipinski definition) is 3. The van der Waals surface area contributed by atoms with Gasteiger partial charge in [0, 0.05) is 18.6 Å². The summed E-state index contributed by atoms with van der Waals surface area (Å²) in [6.07, 6.45) is -2.58. The minimum absolute atomic E-state index is 0.187. The lowest BCUT2D eigenvalue weighted by atomic mass is 9.92. The van der Waals surface area contributed by atoms with Gasteiger partial charge in [-0.05, 0) is 42.6 Å². The standard InChI is InChI=1S/C19H21F3N2O/c20-19(21,22)25-16-9-4-6-14(12-16)13-24-17-10-5-11-23-18(17)15-7-2-1-3-8-15/h1-4,6-9,12,17-18,23-24H,5,10-11,13H2. The van der Waals surface area contributed by atoms with Crippen LogP contribution in [-0.4, -0.2) is 18.9 Å². The maximum Gasteiger partial charge on any atom is 0.573 e. The highest BCUT2D eigenvalue weighted by molar-refractivity contribution is 5.29. The molecule has 0 spiro atoms. The van der Waals surface area contributed by atoms with Crippen LogP contribution in [0.3, 0.4) is 0 Å². The highest BCUT2D eigenvalue weighted by atomic mass is 19.4. The van der Waals surface area contributed by atoms with Crippen molar-refractivity contribution in [3.05, 3.63) is 65.7 Å². The Kier molecular flexibility index (Phi) is 5.60. The first-order valence-electron chi connectivity index (χ1n) is 8.38.